The number of hydrogen-bond donors (Lipinski definition) is 1. The van der Waals surface area contributed by atoms with E-state index in [-0.39, 0.29) is 13.2 Å². The molecule has 136 valence electrons. The Bertz CT molecular complexity index is 853. The Morgan fingerprint density at radius 1 is 1.28 bits per heavy atom. The van der Waals surface area contributed by atoms with E-state index in [4.69, 9.17) is 8.92 Å². The van der Waals surface area contributed by atoms with E-state index in [1.165, 1.54) is 0 Å². The Morgan fingerprint density at radius 3 is 2.68 bits per heavy atom. The SMILES string of the molecule is COc1ccc2cccc(C(CNC(=O)CF)COS(C)(=O)=O)c2c1. The topological polar surface area (TPSA) is 81.7 Å². The maximum Gasteiger partial charge on any atom is 0.264 e. The average Bonchev–Trinajstić information content (AvgIpc) is 2.59. The lowest BCUT2D eigenvalue weighted by Crippen LogP contribution is -2.31. The number of alkyl halides is 1. The van der Waals surface area contributed by atoms with Crippen molar-refractivity contribution in [2.24, 2.45) is 0 Å². The maximum absolute atomic E-state index is 12.4. The molecule has 6 nitrogen and oxygen atoms in total. The number of methoxy groups -OCH3 is 1. The lowest BCUT2D eigenvalue weighted by molar-refractivity contribution is -0.122. The molecule has 0 heterocycles. The highest BCUT2D eigenvalue weighted by atomic mass is 32.2. The van der Waals surface area contributed by atoms with Crippen LogP contribution >= 0.6 is 0 Å². The molecule has 0 aliphatic rings. The highest BCUT2D eigenvalue weighted by molar-refractivity contribution is 7.85. The molecule has 1 unspecified atom stereocenters. The highest BCUT2D eigenvalue weighted by Gasteiger charge is 2.19. The first-order chi connectivity index (χ1) is 11.8. The van der Waals surface area contributed by atoms with Gasteiger partial charge in [-0.2, -0.15) is 8.42 Å². The number of benzene rings is 2. The van der Waals surface area contributed by atoms with Gasteiger partial charge in [0, 0.05) is 12.5 Å². The molecule has 0 fully saturated rings. The average molecular weight is 369 g/mol. The van der Waals surface area contributed by atoms with Crippen LogP contribution < -0.4 is 10.1 Å². The molecule has 0 aliphatic heterocycles. The van der Waals surface area contributed by atoms with Gasteiger partial charge in [-0.15, -0.1) is 0 Å². The molecule has 1 amide bonds. The van der Waals surface area contributed by atoms with Crippen LogP contribution in [0.4, 0.5) is 4.39 Å². The van der Waals surface area contributed by atoms with Gasteiger partial charge in [-0.1, -0.05) is 24.3 Å². The van der Waals surface area contributed by atoms with Crippen LogP contribution in [0, 0.1) is 0 Å². The van der Waals surface area contributed by atoms with Crippen molar-refractivity contribution < 1.29 is 26.5 Å². The summed E-state index contributed by atoms with van der Waals surface area (Å²) < 4.78 is 45.2. The summed E-state index contributed by atoms with van der Waals surface area (Å²) in [6.45, 7) is -1.25. The van der Waals surface area contributed by atoms with Gasteiger partial charge in [-0.3, -0.25) is 8.98 Å². The minimum absolute atomic E-state index is 0.0502. The summed E-state index contributed by atoms with van der Waals surface area (Å²) in [6.07, 6.45) is 0.955. The second kappa shape index (κ2) is 8.26. The van der Waals surface area contributed by atoms with Gasteiger partial charge < -0.3 is 10.1 Å². The molecule has 25 heavy (non-hydrogen) atoms. The molecule has 0 saturated carbocycles. The molecule has 0 aliphatic carbocycles. The Morgan fingerprint density at radius 2 is 2.04 bits per heavy atom. The second-order valence-electron chi connectivity index (χ2n) is 5.56. The summed E-state index contributed by atoms with van der Waals surface area (Å²) in [5.41, 5.74) is 0.777. The van der Waals surface area contributed by atoms with Crippen LogP contribution in [0.15, 0.2) is 36.4 Å². The fourth-order valence-electron chi connectivity index (χ4n) is 2.51. The van der Waals surface area contributed by atoms with E-state index in [2.05, 4.69) is 5.32 Å². The first kappa shape index (κ1) is 19.1. The molecule has 0 radical (unpaired) electrons. The fraction of sp³-hybridized carbons (Fsp3) is 0.353. The van der Waals surface area contributed by atoms with Gasteiger partial charge in [0.2, 0.25) is 0 Å². The number of halogens is 1. The minimum Gasteiger partial charge on any atom is -0.497 e. The first-order valence-corrected chi connectivity index (χ1v) is 9.39. The smallest absolute Gasteiger partial charge is 0.264 e. The predicted octanol–water partition coefficient (Wildman–Crippen LogP) is 1.99. The lowest BCUT2D eigenvalue weighted by Gasteiger charge is -2.19. The maximum atomic E-state index is 12.4. The summed E-state index contributed by atoms with van der Waals surface area (Å²) in [4.78, 5) is 11.2. The van der Waals surface area contributed by atoms with E-state index in [0.29, 0.717) is 5.75 Å². The number of carbonyl (C=O) groups excluding carboxylic acids is 1. The molecule has 0 saturated heterocycles. The zero-order valence-electron chi connectivity index (χ0n) is 14.0. The molecule has 0 aromatic heterocycles. The summed E-state index contributed by atoms with van der Waals surface area (Å²) in [7, 11) is -2.10. The number of hydrogen-bond acceptors (Lipinski definition) is 5. The van der Waals surface area contributed by atoms with Crippen molar-refractivity contribution in [1.29, 1.82) is 0 Å². The molecular weight excluding hydrogens is 349 g/mol. The standard InChI is InChI=1S/C17H20FNO5S/c1-23-14-7-6-12-4-3-5-15(16(12)8-14)13(10-19-17(20)9-18)11-24-25(2,21)22/h3-8,13H,9-11H2,1-2H3,(H,19,20). The summed E-state index contributed by atoms with van der Waals surface area (Å²) >= 11 is 0. The van der Waals surface area contributed by atoms with Gasteiger partial charge in [0.05, 0.1) is 20.0 Å². The molecule has 2 aromatic carbocycles. The van der Waals surface area contributed by atoms with E-state index in [1.54, 1.807) is 7.11 Å². The molecule has 0 spiro atoms. The van der Waals surface area contributed by atoms with Crippen LogP contribution in [0.2, 0.25) is 0 Å². The fourth-order valence-corrected chi connectivity index (χ4v) is 2.92. The van der Waals surface area contributed by atoms with Crippen molar-refractivity contribution in [2.75, 3.05) is 33.2 Å². The first-order valence-electron chi connectivity index (χ1n) is 7.58. The third-order valence-corrected chi connectivity index (χ3v) is 4.28. The van der Waals surface area contributed by atoms with Crippen molar-refractivity contribution in [1.82, 2.24) is 5.32 Å². The van der Waals surface area contributed by atoms with E-state index < -0.39 is 28.6 Å². The van der Waals surface area contributed by atoms with E-state index >= 15 is 0 Å². The van der Waals surface area contributed by atoms with Gasteiger partial charge in [-0.25, -0.2) is 4.39 Å². The minimum atomic E-state index is -3.65. The summed E-state index contributed by atoms with van der Waals surface area (Å²) in [5, 5.41) is 4.22. The lowest BCUT2D eigenvalue weighted by atomic mass is 9.93. The van der Waals surface area contributed by atoms with Crippen LogP contribution in [-0.4, -0.2) is 47.5 Å². The van der Waals surface area contributed by atoms with E-state index in [1.807, 2.05) is 36.4 Å². The third-order valence-electron chi connectivity index (χ3n) is 3.71. The summed E-state index contributed by atoms with van der Waals surface area (Å²) in [6, 6.07) is 11.1. The predicted molar refractivity (Wildman–Crippen MR) is 93.0 cm³/mol. The Kier molecular flexibility index (Phi) is 6.33. The van der Waals surface area contributed by atoms with Crippen molar-refractivity contribution in [2.45, 2.75) is 5.92 Å². The van der Waals surface area contributed by atoms with Gasteiger partial charge in [0.25, 0.3) is 16.0 Å². The highest BCUT2D eigenvalue weighted by Crippen LogP contribution is 2.29. The molecule has 2 aromatic rings. The van der Waals surface area contributed by atoms with Crippen molar-refractivity contribution in [3.63, 3.8) is 0 Å². The van der Waals surface area contributed by atoms with Gasteiger partial charge in [0.15, 0.2) is 6.67 Å². The Labute approximate surface area is 146 Å². The van der Waals surface area contributed by atoms with Gasteiger partial charge in [0.1, 0.15) is 5.75 Å². The number of rotatable bonds is 8. The largest absolute Gasteiger partial charge is 0.497 e. The second-order valence-corrected chi connectivity index (χ2v) is 7.20. The quantitative estimate of drug-likeness (QED) is 0.720. The zero-order valence-corrected chi connectivity index (χ0v) is 14.8. The van der Waals surface area contributed by atoms with Crippen molar-refractivity contribution in [3.05, 3.63) is 42.0 Å². The number of nitrogens with one attached hydrogen (secondary N) is 1. The molecular formula is C17H20FNO5S. The van der Waals surface area contributed by atoms with Crippen LogP contribution in [0.3, 0.4) is 0 Å². The van der Waals surface area contributed by atoms with E-state index in [0.717, 1.165) is 22.6 Å². The van der Waals surface area contributed by atoms with Crippen molar-refractivity contribution in [3.8, 4) is 5.75 Å². The third kappa shape index (κ3) is 5.40. The summed E-state index contributed by atoms with van der Waals surface area (Å²) in [5.74, 6) is -0.585. The molecule has 2 rings (SSSR count). The normalized spacial score (nSPS) is 12.8. The van der Waals surface area contributed by atoms with Crippen molar-refractivity contribution >= 4 is 26.8 Å². The van der Waals surface area contributed by atoms with Gasteiger partial charge in [-0.05, 0) is 28.5 Å². The van der Waals surface area contributed by atoms with E-state index in [9.17, 15) is 17.6 Å². The number of ether oxygens (including phenoxy) is 1. The molecule has 1 N–H and O–H groups in total. The molecule has 0 bridgehead atoms. The van der Waals surface area contributed by atoms with Crippen LogP contribution in [0.25, 0.3) is 10.8 Å². The van der Waals surface area contributed by atoms with Crippen LogP contribution in [0.1, 0.15) is 11.5 Å². The monoisotopic (exact) mass is 369 g/mol. The van der Waals surface area contributed by atoms with Crippen LogP contribution in [0.5, 0.6) is 5.75 Å². The molecule has 8 heteroatoms. The Balaban J connectivity index is 2.40. The number of carbonyl (C=O) groups is 1. The number of amides is 1. The molecule has 1 atom stereocenters. The Hall–Kier alpha value is -2.19. The zero-order chi connectivity index (χ0) is 18.4. The van der Waals surface area contributed by atoms with Crippen LogP contribution in [-0.2, 0) is 19.1 Å². The van der Waals surface area contributed by atoms with Gasteiger partial charge >= 0.3 is 0 Å². The number of fused-ring (bicyclic) bond motifs is 1.